The summed E-state index contributed by atoms with van der Waals surface area (Å²) in [5.41, 5.74) is 6.48. The first-order valence-corrected chi connectivity index (χ1v) is 6.28. The lowest BCUT2D eigenvalue weighted by Crippen LogP contribution is -2.40. The Hall–Kier alpha value is -1.26. The Bertz CT molecular complexity index is 430. The molecule has 1 unspecified atom stereocenters. The lowest BCUT2D eigenvalue weighted by Gasteiger charge is -2.20. The predicted molar refractivity (Wildman–Crippen MR) is 77.5 cm³/mol. The number of nitrogens with one attached hydrogen (secondary N) is 1. The van der Waals surface area contributed by atoms with Crippen LogP contribution in [0.5, 0.6) is 5.75 Å². The van der Waals surface area contributed by atoms with Crippen LogP contribution in [0.25, 0.3) is 0 Å². The summed E-state index contributed by atoms with van der Waals surface area (Å²) in [6, 6.07) is 7.88. The highest BCUT2D eigenvalue weighted by molar-refractivity contribution is 5.85. The highest BCUT2D eigenvalue weighted by Gasteiger charge is 2.45. The SMILES string of the molecule is COc1ccc(C2(NC(=O)C(C)CN)CC2)cc1.Cl. The molecule has 2 rings (SSSR count). The molecule has 1 atom stereocenters. The van der Waals surface area contributed by atoms with Gasteiger partial charge in [-0.15, -0.1) is 12.4 Å². The van der Waals surface area contributed by atoms with E-state index in [4.69, 9.17) is 10.5 Å². The van der Waals surface area contributed by atoms with Gasteiger partial charge in [0.2, 0.25) is 5.91 Å². The molecule has 106 valence electrons. The van der Waals surface area contributed by atoms with Gasteiger partial charge in [0.25, 0.3) is 0 Å². The standard InChI is InChI=1S/C14H20N2O2.ClH/c1-10(9-15)13(17)16-14(7-8-14)11-3-5-12(18-2)6-4-11;/h3-6,10H,7-9,15H2,1-2H3,(H,16,17);1H. The molecule has 0 heterocycles. The molecule has 1 aliphatic carbocycles. The van der Waals surface area contributed by atoms with Crippen molar-refractivity contribution in [3.63, 3.8) is 0 Å². The number of rotatable bonds is 5. The van der Waals surface area contributed by atoms with Crippen LogP contribution in [-0.4, -0.2) is 19.6 Å². The van der Waals surface area contributed by atoms with Gasteiger partial charge in [0.15, 0.2) is 0 Å². The maximum absolute atomic E-state index is 11.9. The Balaban J connectivity index is 0.00000180. The highest BCUT2D eigenvalue weighted by Crippen LogP contribution is 2.45. The van der Waals surface area contributed by atoms with Crippen molar-refractivity contribution in [3.05, 3.63) is 29.8 Å². The molecule has 0 saturated heterocycles. The quantitative estimate of drug-likeness (QED) is 0.867. The number of amides is 1. The first-order chi connectivity index (χ1) is 8.61. The molecule has 0 spiro atoms. The number of benzene rings is 1. The summed E-state index contributed by atoms with van der Waals surface area (Å²) in [7, 11) is 1.65. The second-order valence-electron chi connectivity index (χ2n) is 4.94. The van der Waals surface area contributed by atoms with Gasteiger partial charge in [0, 0.05) is 12.5 Å². The van der Waals surface area contributed by atoms with Crippen LogP contribution < -0.4 is 15.8 Å². The third kappa shape index (κ3) is 3.39. The van der Waals surface area contributed by atoms with E-state index < -0.39 is 0 Å². The van der Waals surface area contributed by atoms with Crippen molar-refractivity contribution in [3.8, 4) is 5.75 Å². The van der Waals surface area contributed by atoms with Gasteiger partial charge in [-0.2, -0.15) is 0 Å². The molecule has 1 fully saturated rings. The second kappa shape index (κ2) is 6.26. The summed E-state index contributed by atoms with van der Waals surface area (Å²) in [5.74, 6) is 0.725. The molecule has 1 amide bonds. The van der Waals surface area contributed by atoms with E-state index in [1.54, 1.807) is 7.11 Å². The van der Waals surface area contributed by atoms with Crippen LogP contribution in [0, 0.1) is 5.92 Å². The minimum absolute atomic E-state index is 0. The zero-order valence-electron chi connectivity index (χ0n) is 11.3. The van der Waals surface area contributed by atoms with Gasteiger partial charge in [-0.1, -0.05) is 19.1 Å². The molecule has 0 bridgehead atoms. The smallest absolute Gasteiger partial charge is 0.224 e. The molecule has 0 radical (unpaired) electrons. The van der Waals surface area contributed by atoms with E-state index in [0.717, 1.165) is 24.2 Å². The molecule has 3 N–H and O–H groups in total. The van der Waals surface area contributed by atoms with Crippen LogP contribution in [0.15, 0.2) is 24.3 Å². The molecule has 1 aromatic rings. The highest BCUT2D eigenvalue weighted by atomic mass is 35.5. The summed E-state index contributed by atoms with van der Waals surface area (Å²) >= 11 is 0. The van der Waals surface area contributed by atoms with E-state index in [2.05, 4.69) is 5.32 Å². The summed E-state index contributed by atoms with van der Waals surface area (Å²) in [5, 5.41) is 3.11. The van der Waals surface area contributed by atoms with E-state index in [9.17, 15) is 4.79 Å². The fourth-order valence-corrected chi connectivity index (χ4v) is 1.99. The average Bonchev–Trinajstić information content (AvgIpc) is 3.18. The molecule has 0 aliphatic heterocycles. The van der Waals surface area contributed by atoms with Crippen molar-refractivity contribution in [1.29, 1.82) is 0 Å². The molecule has 19 heavy (non-hydrogen) atoms. The molecule has 5 heteroatoms. The predicted octanol–water partition coefficient (Wildman–Crippen LogP) is 1.82. The summed E-state index contributed by atoms with van der Waals surface area (Å²) < 4.78 is 5.14. The Kier molecular flexibility index (Phi) is 5.20. The number of hydrogen-bond donors (Lipinski definition) is 2. The van der Waals surface area contributed by atoms with Crippen LogP contribution in [0.2, 0.25) is 0 Å². The maximum Gasteiger partial charge on any atom is 0.224 e. The Labute approximate surface area is 120 Å². The van der Waals surface area contributed by atoms with Gasteiger partial charge in [-0.25, -0.2) is 0 Å². The Morgan fingerprint density at radius 2 is 2.00 bits per heavy atom. The van der Waals surface area contributed by atoms with Crippen LogP contribution in [0.3, 0.4) is 0 Å². The number of carbonyl (C=O) groups is 1. The summed E-state index contributed by atoms with van der Waals surface area (Å²) in [4.78, 5) is 11.9. The van der Waals surface area contributed by atoms with Crippen LogP contribution in [0.4, 0.5) is 0 Å². The Morgan fingerprint density at radius 3 is 2.42 bits per heavy atom. The van der Waals surface area contributed by atoms with Gasteiger partial charge in [-0.05, 0) is 30.5 Å². The lowest BCUT2D eigenvalue weighted by molar-refractivity contribution is -0.125. The van der Waals surface area contributed by atoms with Crippen LogP contribution in [0.1, 0.15) is 25.3 Å². The van der Waals surface area contributed by atoms with Gasteiger partial charge in [0.1, 0.15) is 5.75 Å². The monoisotopic (exact) mass is 284 g/mol. The molecule has 1 saturated carbocycles. The fourth-order valence-electron chi connectivity index (χ4n) is 1.99. The summed E-state index contributed by atoms with van der Waals surface area (Å²) in [6.07, 6.45) is 1.98. The average molecular weight is 285 g/mol. The van der Waals surface area contributed by atoms with E-state index in [-0.39, 0.29) is 29.8 Å². The van der Waals surface area contributed by atoms with Crippen molar-refractivity contribution < 1.29 is 9.53 Å². The third-order valence-electron chi connectivity index (χ3n) is 3.56. The lowest BCUT2D eigenvalue weighted by atomic mass is 10.0. The van der Waals surface area contributed by atoms with Crippen LogP contribution in [-0.2, 0) is 10.3 Å². The van der Waals surface area contributed by atoms with E-state index >= 15 is 0 Å². The number of ether oxygens (including phenoxy) is 1. The molecule has 1 aliphatic rings. The zero-order chi connectivity index (χ0) is 13.2. The molecular formula is C14H21ClN2O2. The molecular weight excluding hydrogens is 264 g/mol. The molecule has 1 aromatic carbocycles. The normalized spacial score (nSPS) is 17.0. The number of halogens is 1. The van der Waals surface area contributed by atoms with Crippen molar-refractivity contribution in [2.24, 2.45) is 11.7 Å². The number of carbonyl (C=O) groups excluding carboxylic acids is 1. The van der Waals surface area contributed by atoms with Crippen molar-refractivity contribution in [2.45, 2.75) is 25.3 Å². The van der Waals surface area contributed by atoms with Crippen molar-refractivity contribution in [1.82, 2.24) is 5.32 Å². The minimum Gasteiger partial charge on any atom is -0.497 e. The number of nitrogens with two attached hydrogens (primary N) is 1. The molecule has 0 aromatic heterocycles. The largest absolute Gasteiger partial charge is 0.497 e. The Morgan fingerprint density at radius 1 is 1.42 bits per heavy atom. The maximum atomic E-state index is 11.9. The van der Waals surface area contributed by atoms with E-state index in [1.807, 2.05) is 31.2 Å². The van der Waals surface area contributed by atoms with Gasteiger partial charge >= 0.3 is 0 Å². The van der Waals surface area contributed by atoms with Crippen molar-refractivity contribution in [2.75, 3.05) is 13.7 Å². The summed E-state index contributed by atoms with van der Waals surface area (Å²) in [6.45, 7) is 2.23. The van der Waals surface area contributed by atoms with Gasteiger partial charge in [-0.3, -0.25) is 4.79 Å². The minimum atomic E-state index is -0.174. The zero-order valence-corrected chi connectivity index (χ0v) is 12.1. The number of hydrogen-bond acceptors (Lipinski definition) is 3. The van der Waals surface area contributed by atoms with Gasteiger partial charge < -0.3 is 15.8 Å². The second-order valence-corrected chi connectivity index (χ2v) is 4.94. The first kappa shape index (κ1) is 15.8. The third-order valence-corrected chi connectivity index (χ3v) is 3.56. The van der Waals surface area contributed by atoms with E-state index in [1.165, 1.54) is 0 Å². The topological polar surface area (TPSA) is 64.3 Å². The van der Waals surface area contributed by atoms with E-state index in [0.29, 0.717) is 6.54 Å². The van der Waals surface area contributed by atoms with Gasteiger partial charge in [0.05, 0.1) is 12.6 Å². The van der Waals surface area contributed by atoms with Crippen LogP contribution >= 0.6 is 12.4 Å². The fraction of sp³-hybridized carbons (Fsp3) is 0.500. The van der Waals surface area contributed by atoms with Crippen molar-refractivity contribution >= 4 is 18.3 Å². The number of methoxy groups -OCH3 is 1. The first-order valence-electron chi connectivity index (χ1n) is 6.28. The molecule has 4 nitrogen and oxygen atoms in total.